The van der Waals surface area contributed by atoms with E-state index in [0.717, 1.165) is 24.5 Å². The summed E-state index contributed by atoms with van der Waals surface area (Å²) in [5.41, 5.74) is 1.59. The van der Waals surface area contributed by atoms with Crippen LogP contribution in [0.25, 0.3) is 0 Å². The van der Waals surface area contributed by atoms with Crippen molar-refractivity contribution in [2.24, 2.45) is 0 Å². The van der Waals surface area contributed by atoms with Crippen molar-refractivity contribution in [3.63, 3.8) is 0 Å². The van der Waals surface area contributed by atoms with Gasteiger partial charge in [-0.25, -0.2) is 0 Å². The Morgan fingerprint density at radius 1 is 0.750 bits per heavy atom. The molecule has 0 spiro atoms. The van der Waals surface area contributed by atoms with Gasteiger partial charge in [-0.1, -0.05) is 0 Å². The minimum atomic E-state index is -0.0767. The molecule has 0 atom stereocenters. The van der Waals surface area contributed by atoms with Gasteiger partial charge in [-0.05, 0) is 36.4 Å². The van der Waals surface area contributed by atoms with Crippen LogP contribution in [0.15, 0.2) is 36.4 Å². The summed E-state index contributed by atoms with van der Waals surface area (Å²) in [7, 11) is 6.26. The molecule has 1 aliphatic heterocycles. The molecule has 0 bridgehead atoms. The summed E-state index contributed by atoms with van der Waals surface area (Å²) in [4.78, 5) is 17.2. The van der Waals surface area contributed by atoms with Gasteiger partial charge in [0.15, 0.2) is 11.5 Å². The van der Waals surface area contributed by atoms with Crippen molar-refractivity contribution in [1.82, 2.24) is 4.90 Å². The average Bonchev–Trinajstić information content (AvgIpc) is 2.77. The topological polar surface area (TPSA) is 60.5 Å². The standard InChI is InChI=1S/C21H26N2O5/c1-25-16-7-5-15(6-8-16)22-11-13-23(14-12-22)21(24)17-9-10-18(26-2)20(28-4)19(17)27-3/h5-10H,11-14H2,1-4H3. The highest BCUT2D eigenvalue weighted by Crippen LogP contribution is 2.40. The third kappa shape index (κ3) is 3.78. The smallest absolute Gasteiger partial charge is 0.257 e. The fourth-order valence-electron chi connectivity index (χ4n) is 3.40. The molecule has 2 aromatic carbocycles. The van der Waals surface area contributed by atoms with Crippen LogP contribution < -0.4 is 23.8 Å². The molecule has 150 valence electrons. The van der Waals surface area contributed by atoms with Crippen LogP contribution in [0.4, 0.5) is 5.69 Å². The first-order valence-electron chi connectivity index (χ1n) is 9.10. The highest BCUT2D eigenvalue weighted by molar-refractivity contribution is 5.98. The molecular weight excluding hydrogens is 360 g/mol. The summed E-state index contributed by atoms with van der Waals surface area (Å²) in [6.07, 6.45) is 0. The van der Waals surface area contributed by atoms with Gasteiger partial charge in [0.2, 0.25) is 5.75 Å². The third-order valence-corrected chi connectivity index (χ3v) is 4.94. The number of carbonyl (C=O) groups excluding carboxylic acids is 1. The molecule has 0 aliphatic carbocycles. The van der Waals surface area contributed by atoms with Gasteiger partial charge in [0.25, 0.3) is 5.91 Å². The van der Waals surface area contributed by atoms with Gasteiger partial charge < -0.3 is 28.7 Å². The Hall–Kier alpha value is -3.09. The van der Waals surface area contributed by atoms with E-state index in [2.05, 4.69) is 4.90 Å². The Bertz CT molecular complexity index is 814. The number of piperazine rings is 1. The minimum Gasteiger partial charge on any atom is -0.497 e. The van der Waals surface area contributed by atoms with Crippen LogP contribution >= 0.6 is 0 Å². The summed E-state index contributed by atoms with van der Waals surface area (Å²) in [6.45, 7) is 2.77. The molecule has 28 heavy (non-hydrogen) atoms. The van der Waals surface area contributed by atoms with Gasteiger partial charge in [0.1, 0.15) is 5.75 Å². The number of nitrogens with zero attached hydrogens (tertiary/aromatic N) is 2. The lowest BCUT2D eigenvalue weighted by molar-refractivity contribution is 0.0742. The molecule has 0 aromatic heterocycles. The van der Waals surface area contributed by atoms with Crippen molar-refractivity contribution in [1.29, 1.82) is 0 Å². The number of hydrogen-bond acceptors (Lipinski definition) is 6. The molecule has 2 aromatic rings. The van der Waals surface area contributed by atoms with E-state index in [1.165, 1.54) is 14.2 Å². The first-order chi connectivity index (χ1) is 13.6. The predicted octanol–water partition coefficient (Wildman–Crippen LogP) is 2.68. The van der Waals surface area contributed by atoms with Crippen LogP contribution in [0.5, 0.6) is 23.0 Å². The quantitative estimate of drug-likeness (QED) is 0.761. The third-order valence-electron chi connectivity index (χ3n) is 4.94. The average molecular weight is 386 g/mol. The number of hydrogen-bond donors (Lipinski definition) is 0. The van der Waals surface area contributed by atoms with E-state index in [4.69, 9.17) is 18.9 Å². The molecule has 1 saturated heterocycles. The molecule has 3 rings (SSSR count). The van der Waals surface area contributed by atoms with Crippen molar-refractivity contribution in [3.05, 3.63) is 42.0 Å². The Morgan fingerprint density at radius 3 is 1.93 bits per heavy atom. The molecule has 7 heteroatoms. The lowest BCUT2D eigenvalue weighted by Gasteiger charge is -2.36. The number of methoxy groups -OCH3 is 4. The Balaban J connectivity index is 1.73. The molecule has 0 unspecified atom stereocenters. The SMILES string of the molecule is COc1ccc(N2CCN(C(=O)c3ccc(OC)c(OC)c3OC)CC2)cc1. The maximum atomic E-state index is 13.1. The van der Waals surface area contributed by atoms with Crippen molar-refractivity contribution in [2.45, 2.75) is 0 Å². The molecule has 1 fully saturated rings. The summed E-state index contributed by atoms with van der Waals surface area (Å²) < 4.78 is 21.4. The molecule has 1 aliphatic rings. The molecular formula is C21H26N2O5. The Kier molecular flexibility index (Phi) is 6.13. The van der Waals surface area contributed by atoms with Crippen LogP contribution in [-0.4, -0.2) is 65.4 Å². The lowest BCUT2D eigenvalue weighted by atomic mass is 10.1. The largest absolute Gasteiger partial charge is 0.497 e. The van der Waals surface area contributed by atoms with Gasteiger partial charge >= 0.3 is 0 Å². The van der Waals surface area contributed by atoms with Gasteiger partial charge in [0, 0.05) is 31.9 Å². The molecule has 1 amide bonds. The predicted molar refractivity (Wildman–Crippen MR) is 107 cm³/mol. The van der Waals surface area contributed by atoms with Crippen LogP contribution in [-0.2, 0) is 0 Å². The number of anilines is 1. The summed E-state index contributed by atoms with van der Waals surface area (Å²) in [6, 6.07) is 11.4. The first kappa shape index (κ1) is 19.7. The zero-order valence-corrected chi connectivity index (χ0v) is 16.7. The van der Waals surface area contributed by atoms with E-state index in [-0.39, 0.29) is 5.91 Å². The number of rotatable bonds is 6. The normalized spacial score (nSPS) is 13.9. The van der Waals surface area contributed by atoms with E-state index in [1.54, 1.807) is 26.4 Å². The molecule has 0 radical (unpaired) electrons. The maximum Gasteiger partial charge on any atom is 0.257 e. The monoisotopic (exact) mass is 386 g/mol. The van der Waals surface area contributed by atoms with Crippen LogP contribution in [0.1, 0.15) is 10.4 Å². The number of benzene rings is 2. The molecule has 7 nitrogen and oxygen atoms in total. The van der Waals surface area contributed by atoms with Gasteiger partial charge in [-0.3, -0.25) is 4.79 Å². The highest BCUT2D eigenvalue weighted by atomic mass is 16.5. The van der Waals surface area contributed by atoms with Gasteiger partial charge in [0.05, 0.1) is 34.0 Å². The zero-order valence-electron chi connectivity index (χ0n) is 16.7. The molecule has 1 heterocycles. The second-order valence-corrected chi connectivity index (χ2v) is 6.36. The van der Waals surface area contributed by atoms with Crippen molar-refractivity contribution in [2.75, 3.05) is 59.5 Å². The number of amides is 1. The van der Waals surface area contributed by atoms with Crippen molar-refractivity contribution in [3.8, 4) is 23.0 Å². The van der Waals surface area contributed by atoms with Crippen LogP contribution in [0.2, 0.25) is 0 Å². The molecule has 0 saturated carbocycles. The summed E-state index contributed by atoms with van der Waals surface area (Å²) in [5.74, 6) is 2.10. The van der Waals surface area contributed by atoms with Crippen molar-refractivity contribution < 1.29 is 23.7 Å². The highest BCUT2D eigenvalue weighted by Gasteiger charge is 2.27. The summed E-state index contributed by atoms with van der Waals surface area (Å²) >= 11 is 0. The maximum absolute atomic E-state index is 13.1. The lowest BCUT2D eigenvalue weighted by Crippen LogP contribution is -2.48. The fraction of sp³-hybridized carbons (Fsp3) is 0.381. The van der Waals surface area contributed by atoms with E-state index >= 15 is 0 Å². The van der Waals surface area contributed by atoms with Gasteiger partial charge in [-0.15, -0.1) is 0 Å². The fourth-order valence-corrected chi connectivity index (χ4v) is 3.40. The molecule has 0 N–H and O–H groups in total. The van der Waals surface area contributed by atoms with E-state index in [0.29, 0.717) is 35.9 Å². The zero-order chi connectivity index (χ0) is 20.1. The number of carbonyl (C=O) groups is 1. The Morgan fingerprint density at radius 2 is 1.39 bits per heavy atom. The van der Waals surface area contributed by atoms with Crippen molar-refractivity contribution >= 4 is 11.6 Å². The van der Waals surface area contributed by atoms with Crippen LogP contribution in [0, 0.1) is 0 Å². The second-order valence-electron chi connectivity index (χ2n) is 6.36. The number of ether oxygens (including phenoxy) is 4. The first-order valence-corrected chi connectivity index (χ1v) is 9.10. The Labute approximate surface area is 165 Å². The summed E-state index contributed by atoms with van der Waals surface area (Å²) in [5, 5.41) is 0. The van der Waals surface area contributed by atoms with Gasteiger partial charge in [-0.2, -0.15) is 0 Å². The minimum absolute atomic E-state index is 0.0767. The van der Waals surface area contributed by atoms with Crippen LogP contribution in [0.3, 0.4) is 0 Å². The van der Waals surface area contributed by atoms with E-state index in [1.807, 2.05) is 29.2 Å². The van der Waals surface area contributed by atoms with E-state index < -0.39 is 0 Å². The second kappa shape index (κ2) is 8.73. The van der Waals surface area contributed by atoms with E-state index in [9.17, 15) is 4.79 Å².